The van der Waals surface area contributed by atoms with Crippen LogP contribution in [0.25, 0.3) is 0 Å². The Labute approximate surface area is 190 Å². The van der Waals surface area contributed by atoms with Crippen LogP contribution in [0.5, 0.6) is 0 Å². The molecule has 1 aromatic carbocycles. The van der Waals surface area contributed by atoms with Crippen LogP contribution in [0.3, 0.4) is 0 Å². The first-order valence-electron chi connectivity index (χ1n) is 10.8. The van der Waals surface area contributed by atoms with Crippen LogP contribution in [0.4, 0.5) is 5.69 Å². The van der Waals surface area contributed by atoms with Crippen LogP contribution in [0.2, 0.25) is 0 Å². The monoisotopic (exact) mass is 423 g/mol. The van der Waals surface area contributed by atoms with Crippen LogP contribution in [-0.2, 0) is 4.79 Å². The van der Waals surface area contributed by atoms with Crippen molar-refractivity contribution >= 4 is 22.9 Å². The lowest BCUT2D eigenvalue weighted by molar-refractivity contribution is -0.113. The summed E-state index contributed by atoms with van der Waals surface area (Å²) in [6, 6.07) is 6.08. The number of anilines is 1. The number of rotatable bonds is 8. The number of aryl methyl sites for hydroxylation is 2. The van der Waals surface area contributed by atoms with Gasteiger partial charge in [-0.15, -0.1) is 0 Å². The molecule has 170 valence electrons. The van der Waals surface area contributed by atoms with Gasteiger partial charge in [0.25, 0.3) is 0 Å². The highest BCUT2D eigenvalue weighted by atomic mass is 16.1. The normalized spacial score (nSPS) is 11.7. The molecule has 0 saturated heterocycles. The van der Waals surface area contributed by atoms with Gasteiger partial charge in [0.2, 0.25) is 0 Å². The number of Topliss-reactive ketones (excluding diaryl/α,β-unsaturated/α-hetero) is 1. The van der Waals surface area contributed by atoms with Crippen molar-refractivity contribution in [3.63, 3.8) is 0 Å². The van der Waals surface area contributed by atoms with Gasteiger partial charge in [0, 0.05) is 29.7 Å². The highest BCUT2D eigenvalue weighted by molar-refractivity contribution is 6.51. The molecular formula is C27H41N3O. The molecule has 1 aromatic rings. The van der Waals surface area contributed by atoms with Crippen molar-refractivity contribution in [1.29, 1.82) is 0 Å². The minimum absolute atomic E-state index is 0.103. The molecule has 0 aromatic heterocycles. The summed E-state index contributed by atoms with van der Waals surface area (Å²) in [6.07, 6.45) is 5.42. The summed E-state index contributed by atoms with van der Waals surface area (Å²) in [7, 11) is 1.67. The zero-order valence-corrected chi connectivity index (χ0v) is 21.2. The Morgan fingerprint density at radius 1 is 1.03 bits per heavy atom. The van der Waals surface area contributed by atoms with Crippen molar-refractivity contribution in [2.75, 3.05) is 12.4 Å². The van der Waals surface area contributed by atoms with Gasteiger partial charge in [0.1, 0.15) is 0 Å². The lowest BCUT2D eigenvalue weighted by Crippen LogP contribution is -2.15. The van der Waals surface area contributed by atoms with Gasteiger partial charge >= 0.3 is 0 Å². The van der Waals surface area contributed by atoms with E-state index in [0.29, 0.717) is 28.4 Å². The van der Waals surface area contributed by atoms with Crippen molar-refractivity contribution in [2.45, 2.75) is 62.3 Å². The second-order valence-electron chi connectivity index (χ2n) is 6.38. The molecule has 0 saturated carbocycles. The van der Waals surface area contributed by atoms with Gasteiger partial charge in [-0.2, -0.15) is 0 Å². The number of ketones is 1. The first-order chi connectivity index (χ1) is 14.7. The van der Waals surface area contributed by atoms with E-state index in [0.717, 1.165) is 11.3 Å². The van der Waals surface area contributed by atoms with Gasteiger partial charge in [-0.25, -0.2) is 0 Å². The third kappa shape index (κ3) is 11.1. The molecule has 4 nitrogen and oxygen atoms in total. The molecule has 0 aliphatic carbocycles. The molecule has 0 spiro atoms. The molecule has 4 heteroatoms. The smallest absolute Gasteiger partial charge is 0.161 e. The van der Waals surface area contributed by atoms with Crippen LogP contribution < -0.4 is 5.32 Å². The first-order valence-corrected chi connectivity index (χ1v) is 10.8. The zero-order valence-electron chi connectivity index (χ0n) is 21.2. The van der Waals surface area contributed by atoms with E-state index in [-0.39, 0.29) is 5.78 Å². The maximum atomic E-state index is 12.3. The van der Waals surface area contributed by atoms with Crippen LogP contribution in [0.15, 0.2) is 76.5 Å². The number of hydrogen-bond donors (Lipinski definition) is 1. The zero-order chi connectivity index (χ0) is 24.6. The molecule has 0 amide bonds. The fourth-order valence-electron chi connectivity index (χ4n) is 2.52. The van der Waals surface area contributed by atoms with Gasteiger partial charge in [-0.3, -0.25) is 14.8 Å². The van der Waals surface area contributed by atoms with Crippen molar-refractivity contribution in [2.24, 2.45) is 9.98 Å². The molecule has 0 unspecified atom stereocenters. The molecular weight excluding hydrogens is 382 g/mol. The predicted molar refractivity (Wildman–Crippen MR) is 141 cm³/mol. The average Bonchev–Trinajstić information content (AvgIpc) is 2.73. The summed E-state index contributed by atoms with van der Waals surface area (Å²) >= 11 is 0. The van der Waals surface area contributed by atoms with Crippen LogP contribution in [0, 0.1) is 13.8 Å². The molecule has 0 aliphatic heterocycles. The Kier molecular flexibility index (Phi) is 16.3. The topological polar surface area (TPSA) is 53.8 Å². The number of nitrogens with zero attached hydrogens (tertiary/aromatic N) is 2. The predicted octanol–water partition coefficient (Wildman–Crippen LogP) is 7.42. The van der Waals surface area contributed by atoms with Crippen molar-refractivity contribution in [3.05, 3.63) is 77.7 Å². The molecule has 1 N–H and O–H groups in total. The third-order valence-corrected chi connectivity index (χ3v) is 3.79. The minimum Gasteiger partial charge on any atom is -0.355 e. The fourth-order valence-corrected chi connectivity index (χ4v) is 2.52. The molecule has 0 radical (unpaired) electrons. The molecule has 0 bridgehead atoms. The number of carbonyl (C=O) groups excluding carboxylic acids is 1. The van der Waals surface area contributed by atoms with Gasteiger partial charge in [-0.05, 0) is 58.4 Å². The quantitative estimate of drug-likeness (QED) is 0.269. The van der Waals surface area contributed by atoms with E-state index in [1.165, 1.54) is 12.5 Å². The van der Waals surface area contributed by atoms with E-state index in [9.17, 15) is 4.79 Å². The molecule has 0 heterocycles. The molecule has 0 fully saturated rings. The largest absolute Gasteiger partial charge is 0.355 e. The van der Waals surface area contributed by atoms with E-state index < -0.39 is 0 Å². The summed E-state index contributed by atoms with van der Waals surface area (Å²) in [5.74, 6) is -0.103. The number of nitrogens with one attached hydrogen (secondary N) is 1. The summed E-state index contributed by atoms with van der Waals surface area (Å²) in [5.41, 5.74) is 6.04. The third-order valence-electron chi connectivity index (χ3n) is 3.79. The van der Waals surface area contributed by atoms with Gasteiger partial charge < -0.3 is 5.32 Å². The summed E-state index contributed by atoms with van der Waals surface area (Å²) < 4.78 is 0. The van der Waals surface area contributed by atoms with Gasteiger partial charge in [0.15, 0.2) is 5.78 Å². The van der Waals surface area contributed by atoms with Gasteiger partial charge in [0.05, 0.1) is 11.4 Å². The van der Waals surface area contributed by atoms with E-state index in [1.54, 1.807) is 13.1 Å². The number of allylic oxidation sites excluding steroid dienone is 5. The standard InChI is InChI=1S/C23H29N3O.2C2H6/c1-9-10-22(25-15(2)3)23(24-8)14-20(19(7)27)18(6)26-21-12-11-16(4)13-17(21)5;2*1-2/h9-14,26H,2,6H2,1,3-5,7-8H3;2*1-2H3/b10-9-,20-14-,24-23?,25-22?;;. The van der Waals surface area contributed by atoms with Crippen molar-refractivity contribution in [1.82, 2.24) is 0 Å². The Balaban J connectivity index is 0. The Hall–Kier alpha value is -3.01. The molecule has 31 heavy (non-hydrogen) atoms. The van der Waals surface area contributed by atoms with E-state index >= 15 is 0 Å². The Morgan fingerprint density at radius 3 is 2.03 bits per heavy atom. The summed E-state index contributed by atoms with van der Waals surface area (Å²) in [4.78, 5) is 21.0. The average molecular weight is 424 g/mol. The lowest BCUT2D eigenvalue weighted by Gasteiger charge is -2.14. The summed E-state index contributed by atoms with van der Waals surface area (Å²) in [5, 5.41) is 3.25. The Bertz CT molecular complexity index is 868. The van der Waals surface area contributed by atoms with Crippen LogP contribution in [-0.4, -0.2) is 24.3 Å². The minimum atomic E-state index is -0.103. The van der Waals surface area contributed by atoms with Crippen LogP contribution >= 0.6 is 0 Å². The maximum Gasteiger partial charge on any atom is 0.161 e. The first kappa shape index (κ1) is 30.2. The fraction of sp³-hybridized carbons (Fsp3) is 0.370. The molecule has 1 rings (SSSR count). The number of hydrogen-bond acceptors (Lipinski definition) is 4. The van der Waals surface area contributed by atoms with E-state index in [2.05, 4.69) is 34.5 Å². The number of aliphatic imine (C=N–C) groups is 2. The van der Waals surface area contributed by atoms with E-state index in [4.69, 9.17) is 0 Å². The maximum absolute atomic E-state index is 12.3. The van der Waals surface area contributed by atoms with Gasteiger partial charge in [-0.1, -0.05) is 64.6 Å². The molecule has 0 aliphatic rings. The molecule has 0 atom stereocenters. The Morgan fingerprint density at radius 2 is 1.61 bits per heavy atom. The second kappa shape index (κ2) is 16.8. The second-order valence-corrected chi connectivity index (χ2v) is 6.38. The SMILES string of the molecule is C=C(C)N=C(/C=C\C)C(/C=C(/C(=C)Nc1ccc(C)cc1C)C(C)=O)=NC.CC.CC. The van der Waals surface area contributed by atoms with Crippen LogP contribution in [0.1, 0.15) is 59.6 Å². The summed E-state index contributed by atoms with van der Waals surface area (Å²) in [6.45, 7) is 25.2. The number of benzene rings is 1. The highest BCUT2D eigenvalue weighted by Gasteiger charge is 2.13. The van der Waals surface area contributed by atoms with Crippen molar-refractivity contribution in [3.8, 4) is 0 Å². The highest BCUT2D eigenvalue weighted by Crippen LogP contribution is 2.21. The lowest BCUT2D eigenvalue weighted by atomic mass is 10.0. The van der Waals surface area contributed by atoms with Crippen molar-refractivity contribution < 1.29 is 4.79 Å². The van der Waals surface area contributed by atoms with E-state index in [1.807, 2.05) is 79.7 Å². The number of carbonyl (C=O) groups is 1.